The Balaban J connectivity index is 1.80. The van der Waals surface area contributed by atoms with Crippen LogP contribution in [0.25, 0.3) is 6.08 Å². The minimum absolute atomic E-state index is 0.0876. The quantitative estimate of drug-likeness (QED) is 0.739. The Labute approximate surface area is 155 Å². The van der Waals surface area contributed by atoms with Gasteiger partial charge in [-0.3, -0.25) is 4.79 Å². The fourth-order valence-corrected chi connectivity index (χ4v) is 3.22. The van der Waals surface area contributed by atoms with Crippen molar-refractivity contribution in [2.45, 2.75) is 25.9 Å². The summed E-state index contributed by atoms with van der Waals surface area (Å²) in [7, 11) is 3.28. The first-order chi connectivity index (χ1) is 12.6. The summed E-state index contributed by atoms with van der Waals surface area (Å²) in [4.78, 5) is 13.8. The Kier molecular flexibility index (Phi) is 7.94. The van der Waals surface area contributed by atoms with Crippen LogP contribution in [0.3, 0.4) is 0 Å². The molecule has 0 saturated carbocycles. The first-order valence-electron chi connectivity index (χ1n) is 9.13. The van der Waals surface area contributed by atoms with Crippen molar-refractivity contribution in [3.8, 4) is 11.5 Å². The van der Waals surface area contributed by atoms with E-state index in [1.165, 1.54) is 0 Å². The highest BCUT2D eigenvalue weighted by molar-refractivity contribution is 5.78. The number of carbonyl (C=O) groups excluding carboxylic acids is 1. The summed E-state index contributed by atoms with van der Waals surface area (Å²) in [5.41, 5.74) is 1.04. The van der Waals surface area contributed by atoms with Crippen LogP contribution in [-0.4, -0.2) is 62.4 Å². The lowest BCUT2D eigenvalue weighted by Crippen LogP contribution is -2.43. The maximum absolute atomic E-state index is 11.7. The molecule has 0 aromatic heterocycles. The van der Waals surface area contributed by atoms with Crippen LogP contribution in [-0.2, 0) is 4.79 Å². The van der Waals surface area contributed by atoms with Gasteiger partial charge in [0.05, 0.1) is 7.11 Å². The van der Waals surface area contributed by atoms with Crippen molar-refractivity contribution in [1.82, 2.24) is 10.2 Å². The zero-order valence-corrected chi connectivity index (χ0v) is 15.9. The molecule has 6 heteroatoms. The third-order valence-electron chi connectivity index (χ3n) is 4.65. The summed E-state index contributed by atoms with van der Waals surface area (Å²) in [6.07, 6.45) is 5.02. The molecule has 1 aromatic rings. The van der Waals surface area contributed by atoms with Gasteiger partial charge in [0.15, 0.2) is 11.5 Å². The fraction of sp³-hybridized carbons (Fsp3) is 0.550. The van der Waals surface area contributed by atoms with Crippen LogP contribution in [0.4, 0.5) is 0 Å². The first-order valence-corrected chi connectivity index (χ1v) is 9.13. The van der Waals surface area contributed by atoms with E-state index in [0.29, 0.717) is 18.0 Å². The van der Waals surface area contributed by atoms with Crippen molar-refractivity contribution >= 4 is 12.0 Å². The molecule has 26 heavy (non-hydrogen) atoms. The second kappa shape index (κ2) is 10.2. The van der Waals surface area contributed by atoms with Gasteiger partial charge < -0.3 is 24.8 Å². The van der Waals surface area contributed by atoms with Crippen LogP contribution >= 0.6 is 0 Å². The molecule has 0 radical (unpaired) electrons. The summed E-state index contributed by atoms with van der Waals surface area (Å²) in [5, 5.41) is 13.0. The second-order valence-electron chi connectivity index (χ2n) is 6.56. The number of carbonyl (C=O) groups is 1. The van der Waals surface area contributed by atoms with Gasteiger partial charge in [0.25, 0.3) is 0 Å². The van der Waals surface area contributed by atoms with Gasteiger partial charge in [-0.2, -0.15) is 0 Å². The lowest BCUT2D eigenvalue weighted by molar-refractivity contribution is -0.126. The van der Waals surface area contributed by atoms with Crippen LogP contribution in [0, 0.1) is 5.92 Å². The number of aliphatic hydroxyl groups is 1. The number of ether oxygens (including phenoxy) is 2. The van der Waals surface area contributed by atoms with Crippen LogP contribution in [0.5, 0.6) is 11.5 Å². The summed E-state index contributed by atoms with van der Waals surface area (Å²) in [5.74, 6) is 1.48. The largest absolute Gasteiger partial charge is 0.493 e. The minimum Gasteiger partial charge on any atom is -0.493 e. The van der Waals surface area contributed by atoms with E-state index in [0.717, 1.165) is 31.5 Å². The standard InChI is InChI=1S/C20H30N2O4/c1-4-5-15-6-7-18(19(12-15)25-3)26-14-17(23)13-22-10-8-16(9-11-22)20(24)21-2/h4-7,12,16-17,23H,8-11,13-14H2,1-3H3,(H,21,24)/b5-4+. The molecule has 1 heterocycles. The molecule has 1 amide bonds. The maximum atomic E-state index is 11.7. The van der Waals surface area contributed by atoms with E-state index < -0.39 is 6.10 Å². The van der Waals surface area contributed by atoms with Crippen molar-refractivity contribution in [2.24, 2.45) is 5.92 Å². The lowest BCUT2D eigenvalue weighted by atomic mass is 9.96. The van der Waals surface area contributed by atoms with Crippen LogP contribution in [0.15, 0.2) is 24.3 Å². The van der Waals surface area contributed by atoms with E-state index in [9.17, 15) is 9.90 Å². The Morgan fingerprint density at radius 3 is 2.73 bits per heavy atom. The average molecular weight is 362 g/mol. The number of methoxy groups -OCH3 is 1. The Morgan fingerprint density at radius 1 is 1.38 bits per heavy atom. The monoisotopic (exact) mass is 362 g/mol. The summed E-state index contributed by atoms with van der Waals surface area (Å²) in [6.45, 7) is 4.34. The van der Waals surface area contributed by atoms with E-state index in [-0.39, 0.29) is 18.4 Å². The lowest BCUT2D eigenvalue weighted by Gasteiger charge is -2.32. The SMILES string of the molecule is C/C=C/c1ccc(OCC(O)CN2CCC(C(=O)NC)CC2)c(OC)c1. The van der Waals surface area contributed by atoms with Gasteiger partial charge in [-0.1, -0.05) is 18.2 Å². The van der Waals surface area contributed by atoms with Crippen molar-refractivity contribution < 1.29 is 19.4 Å². The van der Waals surface area contributed by atoms with Gasteiger partial charge in [0.2, 0.25) is 5.91 Å². The van der Waals surface area contributed by atoms with Gasteiger partial charge in [-0.15, -0.1) is 0 Å². The van der Waals surface area contributed by atoms with Crippen molar-refractivity contribution in [1.29, 1.82) is 0 Å². The number of β-amino-alcohol motifs (C(OH)–C–C–N with tert-alkyl or cyclic N) is 1. The van der Waals surface area contributed by atoms with Crippen LogP contribution in [0.1, 0.15) is 25.3 Å². The minimum atomic E-state index is -0.591. The van der Waals surface area contributed by atoms with Gasteiger partial charge in [0.1, 0.15) is 12.7 Å². The van der Waals surface area contributed by atoms with Crippen molar-refractivity contribution in [3.63, 3.8) is 0 Å². The fourth-order valence-electron chi connectivity index (χ4n) is 3.22. The number of piperidine rings is 1. The summed E-state index contributed by atoms with van der Waals surface area (Å²) < 4.78 is 11.1. The number of aliphatic hydroxyl groups excluding tert-OH is 1. The molecule has 6 nitrogen and oxygen atoms in total. The molecule has 1 aliphatic heterocycles. The van der Waals surface area contributed by atoms with Gasteiger partial charge >= 0.3 is 0 Å². The zero-order valence-electron chi connectivity index (χ0n) is 15.9. The smallest absolute Gasteiger partial charge is 0.222 e. The molecule has 1 fully saturated rings. The Morgan fingerprint density at radius 2 is 2.12 bits per heavy atom. The number of benzene rings is 1. The third-order valence-corrected chi connectivity index (χ3v) is 4.65. The highest BCUT2D eigenvalue weighted by Gasteiger charge is 2.25. The number of hydrogen-bond acceptors (Lipinski definition) is 5. The van der Waals surface area contributed by atoms with E-state index in [2.05, 4.69) is 10.2 Å². The summed E-state index contributed by atoms with van der Waals surface area (Å²) >= 11 is 0. The summed E-state index contributed by atoms with van der Waals surface area (Å²) in [6, 6.07) is 5.72. The van der Waals surface area contributed by atoms with Gasteiger partial charge in [-0.05, 0) is 50.6 Å². The number of rotatable bonds is 8. The predicted octanol–water partition coefficient (Wildman–Crippen LogP) is 1.93. The van der Waals surface area contributed by atoms with Crippen LogP contribution < -0.4 is 14.8 Å². The van der Waals surface area contributed by atoms with Gasteiger partial charge in [0, 0.05) is 19.5 Å². The molecule has 0 spiro atoms. The number of hydrogen-bond donors (Lipinski definition) is 2. The second-order valence-corrected chi connectivity index (χ2v) is 6.56. The van der Waals surface area contributed by atoms with E-state index >= 15 is 0 Å². The van der Waals surface area contributed by atoms with E-state index in [1.54, 1.807) is 14.2 Å². The molecule has 144 valence electrons. The molecule has 1 atom stereocenters. The molecule has 1 unspecified atom stereocenters. The number of allylic oxidation sites excluding steroid dienone is 1. The molecule has 1 aromatic carbocycles. The zero-order chi connectivity index (χ0) is 18.9. The van der Waals surface area contributed by atoms with Crippen molar-refractivity contribution in [2.75, 3.05) is 40.4 Å². The van der Waals surface area contributed by atoms with Crippen molar-refractivity contribution in [3.05, 3.63) is 29.8 Å². The molecule has 0 aliphatic carbocycles. The average Bonchev–Trinajstić information content (AvgIpc) is 2.67. The molecular formula is C20H30N2O4. The normalized spacial score (nSPS) is 17.2. The molecule has 1 saturated heterocycles. The predicted molar refractivity (Wildman–Crippen MR) is 102 cm³/mol. The highest BCUT2D eigenvalue weighted by Crippen LogP contribution is 2.28. The third kappa shape index (κ3) is 5.75. The Bertz CT molecular complexity index is 610. The number of likely N-dealkylation sites (tertiary alicyclic amines) is 1. The number of amides is 1. The molecule has 2 N–H and O–H groups in total. The molecule has 2 rings (SSSR count). The van der Waals surface area contributed by atoms with Crippen LogP contribution in [0.2, 0.25) is 0 Å². The molecular weight excluding hydrogens is 332 g/mol. The number of nitrogens with one attached hydrogen (secondary N) is 1. The van der Waals surface area contributed by atoms with E-state index in [1.807, 2.05) is 37.3 Å². The molecule has 1 aliphatic rings. The number of nitrogens with zero attached hydrogens (tertiary/aromatic N) is 1. The van der Waals surface area contributed by atoms with E-state index in [4.69, 9.17) is 9.47 Å². The topological polar surface area (TPSA) is 71.0 Å². The highest BCUT2D eigenvalue weighted by atomic mass is 16.5. The van der Waals surface area contributed by atoms with Gasteiger partial charge in [-0.25, -0.2) is 0 Å². The Hall–Kier alpha value is -2.05. The first kappa shape index (κ1) is 20.3. The molecule has 0 bridgehead atoms. The maximum Gasteiger partial charge on any atom is 0.222 e.